The Bertz CT molecular complexity index is 1270. The maximum Gasteiger partial charge on any atom is 0.523 e. The summed E-state index contributed by atoms with van der Waals surface area (Å²) in [7, 11) is -0.651. The standard InChI is InChI=1S/C24H27F3O11S/c1-33-15-8-6-12(11-16(15)34-2)18-14-10-13(7-9-17(28)35-3)20(19(18)22(30)36-4)23(37-5,21(14)29)38-39(31,32)24(25,26)27/h6-11,14,18-21,29H,1-5H3/b9-7+. The molecule has 0 heterocycles. The number of benzene rings is 1. The number of esters is 2. The first-order valence-corrected chi connectivity index (χ1v) is 12.7. The van der Waals surface area contributed by atoms with E-state index in [1.807, 2.05) is 0 Å². The van der Waals surface area contributed by atoms with Crippen molar-refractivity contribution in [1.82, 2.24) is 0 Å². The third kappa shape index (κ3) is 5.23. The average Bonchev–Trinajstić information content (AvgIpc) is 2.91. The number of alkyl halides is 3. The summed E-state index contributed by atoms with van der Waals surface area (Å²) in [6, 6.07) is 4.58. The molecule has 0 saturated heterocycles. The van der Waals surface area contributed by atoms with E-state index in [4.69, 9.17) is 18.9 Å². The van der Waals surface area contributed by atoms with E-state index in [1.165, 1.54) is 32.4 Å². The van der Waals surface area contributed by atoms with Crippen molar-refractivity contribution in [3.8, 4) is 11.5 Å². The van der Waals surface area contributed by atoms with Gasteiger partial charge in [-0.15, -0.1) is 0 Å². The molecule has 2 bridgehead atoms. The fraction of sp³-hybridized carbons (Fsp3) is 0.500. The molecule has 39 heavy (non-hydrogen) atoms. The predicted molar refractivity (Wildman–Crippen MR) is 126 cm³/mol. The van der Waals surface area contributed by atoms with Crippen LogP contribution < -0.4 is 9.47 Å². The molecule has 0 radical (unpaired) electrons. The Morgan fingerprint density at radius 3 is 2.18 bits per heavy atom. The van der Waals surface area contributed by atoms with Gasteiger partial charge in [-0.25, -0.2) is 8.98 Å². The minimum absolute atomic E-state index is 0.0259. The Morgan fingerprint density at radius 2 is 1.67 bits per heavy atom. The van der Waals surface area contributed by atoms with E-state index in [-0.39, 0.29) is 11.3 Å². The third-order valence-corrected chi connectivity index (χ3v) is 7.88. The van der Waals surface area contributed by atoms with Gasteiger partial charge >= 0.3 is 27.6 Å². The zero-order valence-electron chi connectivity index (χ0n) is 21.4. The summed E-state index contributed by atoms with van der Waals surface area (Å²) in [5.74, 6) is -9.63. The number of allylic oxidation sites excluding steroid dienone is 1. The van der Waals surface area contributed by atoms with Crippen LogP contribution in [0.3, 0.4) is 0 Å². The Morgan fingerprint density at radius 1 is 1.03 bits per heavy atom. The maximum atomic E-state index is 13.4. The van der Waals surface area contributed by atoms with E-state index in [0.29, 0.717) is 11.3 Å². The first-order valence-electron chi connectivity index (χ1n) is 11.3. The maximum absolute atomic E-state index is 13.4. The number of carbonyl (C=O) groups excluding carboxylic acids is 2. The molecule has 216 valence electrons. The quantitative estimate of drug-likeness (QED) is 0.151. The van der Waals surface area contributed by atoms with Crippen molar-refractivity contribution in [2.24, 2.45) is 17.8 Å². The number of hydrogen-bond donors (Lipinski definition) is 1. The Labute approximate surface area is 222 Å². The second-order valence-electron chi connectivity index (χ2n) is 8.62. The third-order valence-electron chi connectivity index (χ3n) is 6.84. The highest BCUT2D eigenvalue weighted by molar-refractivity contribution is 7.87. The summed E-state index contributed by atoms with van der Waals surface area (Å²) in [6.45, 7) is 0. The molecule has 15 heteroatoms. The molecule has 0 spiro atoms. The zero-order valence-corrected chi connectivity index (χ0v) is 22.2. The van der Waals surface area contributed by atoms with Crippen molar-refractivity contribution >= 4 is 22.1 Å². The van der Waals surface area contributed by atoms with E-state index in [2.05, 4.69) is 8.92 Å². The van der Waals surface area contributed by atoms with Gasteiger partial charge in [-0.05, 0) is 23.3 Å². The van der Waals surface area contributed by atoms with Crippen LogP contribution in [0.15, 0.2) is 42.0 Å². The lowest BCUT2D eigenvalue weighted by Crippen LogP contribution is -2.68. The molecule has 3 aliphatic carbocycles. The van der Waals surface area contributed by atoms with Crippen molar-refractivity contribution in [2.75, 3.05) is 35.5 Å². The molecule has 1 fully saturated rings. The molecule has 6 atom stereocenters. The van der Waals surface area contributed by atoms with Gasteiger partial charge in [-0.3, -0.25) is 4.79 Å². The Kier molecular flexibility index (Phi) is 8.69. The first-order chi connectivity index (χ1) is 18.2. The van der Waals surface area contributed by atoms with Crippen LogP contribution in [-0.2, 0) is 38.1 Å². The molecule has 1 aromatic carbocycles. The topological polar surface area (TPSA) is 144 Å². The molecule has 3 aliphatic rings. The number of halogens is 3. The van der Waals surface area contributed by atoms with Crippen LogP contribution in [0.25, 0.3) is 0 Å². The zero-order chi connectivity index (χ0) is 29.3. The SMILES string of the molecule is COC(=O)/C=C/C1=CC2C(c3ccc(OC)c(OC)c3)C(C(=O)OC)C1C(OC)(OS(=O)(=O)C(F)(F)F)C2O. The van der Waals surface area contributed by atoms with Crippen molar-refractivity contribution in [3.05, 3.63) is 47.6 Å². The van der Waals surface area contributed by atoms with E-state index in [1.54, 1.807) is 6.07 Å². The van der Waals surface area contributed by atoms with Gasteiger partial charge in [0.1, 0.15) is 6.10 Å². The van der Waals surface area contributed by atoms with Gasteiger partial charge in [-0.1, -0.05) is 18.2 Å². The largest absolute Gasteiger partial charge is 0.523 e. The molecule has 0 amide bonds. The second kappa shape index (κ2) is 11.2. The molecule has 6 unspecified atom stereocenters. The smallest absolute Gasteiger partial charge is 0.493 e. The number of aliphatic hydroxyl groups is 1. The molecule has 0 aromatic heterocycles. The molecule has 1 N–H and O–H groups in total. The summed E-state index contributed by atoms with van der Waals surface area (Å²) in [4.78, 5) is 25.0. The van der Waals surface area contributed by atoms with E-state index < -0.39 is 63.1 Å². The van der Waals surface area contributed by atoms with Gasteiger partial charge in [0.15, 0.2) is 11.5 Å². The number of hydrogen-bond acceptors (Lipinski definition) is 11. The van der Waals surface area contributed by atoms with Crippen molar-refractivity contribution < 1.29 is 64.2 Å². The van der Waals surface area contributed by atoms with Crippen LogP contribution in [0.1, 0.15) is 11.5 Å². The van der Waals surface area contributed by atoms with Gasteiger partial charge in [0, 0.05) is 25.0 Å². The number of aliphatic hydroxyl groups excluding tert-OH is 1. The minimum atomic E-state index is -6.36. The lowest BCUT2D eigenvalue weighted by Gasteiger charge is -2.57. The van der Waals surface area contributed by atoms with Crippen LogP contribution in [0.5, 0.6) is 11.5 Å². The fourth-order valence-electron chi connectivity index (χ4n) is 5.21. The van der Waals surface area contributed by atoms with Gasteiger partial charge < -0.3 is 28.8 Å². The van der Waals surface area contributed by atoms with Gasteiger partial charge in [0.05, 0.1) is 40.3 Å². The first kappa shape index (κ1) is 30.4. The molecule has 0 aliphatic heterocycles. The highest BCUT2D eigenvalue weighted by Crippen LogP contribution is 2.60. The number of rotatable bonds is 9. The van der Waals surface area contributed by atoms with Crippen molar-refractivity contribution in [3.63, 3.8) is 0 Å². The highest BCUT2D eigenvalue weighted by atomic mass is 32.2. The summed E-state index contributed by atoms with van der Waals surface area (Å²) in [6.07, 6.45) is 1.39. The number of ether oxygens (including phenoxy) is 5. The second-order valence-corrected chi connectivity index (χ2v) is 10.2. The van der Waals surface area contributed by atoms with Crippen molar-refractivity contribution in [2.45, 2.75) is 23.3 Å². The average molecular weight is 581 g/mol. The van der Waals surface area contributed by atoms with Crippen LogP contribution in [0, 0.1) is 17.8 Å². The molecule has 1 saturated carbocycles. The number of methoxy groups -OCH3 is 5. The lowest BCUT2D eigenvalue weighted by atomic mass is 9.53. The van der Waals surface area contributed by atoms with Gasteiger partial charge in [0.25, 0.3) is 0 Å². The number of fused-ring (bicyclic) bond motifs is 2. The van der Waals surface area contributed by atoms with Crippen molar-refractivity contribution in [1.29, 1.82) is 0 Å². The summed E-state index contributed by atoms with van der Waals surface area (Å²) in [5.41, 5.74) is -5.53. The normalized spacial score (nSPS) is 28.6. The monoisotopic (exact) mass is 580 g/mol. The van der Waals surface area contributed by atoms with Crippen LogP contribution >= 0.6 is 0 Å². The predicted octanol–water partition coefficient (Wildman–Crippen LogP) is 2.06. The molecule has 1 aromatic rings. The molecule has 4 rings (SSSR count). The molecule has 11 nitrogen and oxygen atoms in total. The fourth-order valence-corrected chi connectivity index (χ4v) is 5.92. The van der Waals surface area contributed by atoms with E-state index in [0.717, 1.165) is 33.5 Å². The van der Waals surface area contributed by atoms with Crippen LogP contribution in [-0.4, -0.2) is 78.4 Å². The summed E-state index contributed by atoms with van der Waals surface area (Å²) >= 11 is 0. The highest BCUT2D eigenvalue weighted by Gasteiger charge is 2.69. The summed E-state index contributed by atoms with van der Waals surface area (Å²) in [5, 5.41) is 11.4. The summed E-state index contributed by atoms with van der Waals surface area (Å²) < 4.78 is 94.5. The van der Waals surface area contributed by atoms with E-state index >= 15 is 0 Å². The molecular weight excluding hydrogens is 553 g/mol. The molecular formula is C24H27F3O11S. The van der Waals surface area contributed by atoms with Crippen LogP contribution in [0.2, 0.25) is 0 Å². The Balaban J connectivity index is 2.32. The van der Waals surface area contributed by atoms with Gasteiger partial charge in [-0.2, -0.15) is 21.6 Å². The Hall–Kier alpha value is -3.14. The van der Waals surface area contributed by atoms with Gasteiger partial charge in [0.2, 0.25) is 5.79 Å². The van der Waals surface area contributed by atoms with E-state index in [9.17, 15) is 36.3 Å². The lowest BCUT2D eigenvalue weighted by molar-refractivity contribution is -0.291. The van der Waals surface area contributed by atoms with Crippen LogP contribution in [0.4, 0.5) is 13.2 Å². The number of carbonyl (C=O) groups is 2. The minimum Gasteiger partial charge on any atom is -0.493 e.